The molecule has 0 radical (unpaired) electrons. The Morgan fingerprint density at radius 1 is 1.42 bits per heavy atom. The van der Waals surface area contributed by atoms with Gasteiger partial charge in [-0.2, -0.15) is 5.10 Å². The number of aryl methyl sites for hydroxylation is 1. The van der Waals surface area contributed by atoms with Gasteiger partial charge in [0.25, 0.3) is 0 Å². The van der Waals surface area contributed by atoms with E-state index in [1.165, 1.54) is 6.08 Å². The highest BCUT2D eigenvalue weighted by atomic mass is 16.3. The van der Waals surface area contributed by atoms with Gasteiger partial charge in [0.05, 0.1) is 6.20 Å². The van der Waals surface area contributed by atoms with Crippen LogP contribution in [0.25, 0.3) is 6.08 Å². The van der Waals surface area contributed by atoms with E-state index in [4.69, 9.17) is 4.42 Å². The molecule has 0 aliphatic carbocycles. The van der Waals surface area contributed by atoms with Crippen LogP contribution >= 0.6 is 0 Å². The highest BCUT2D eigenvalue weighted by Gasteiger charge is 2.07. The van der Waals surface area contributed by atoms with Crippen LogP contribution in [0.1, 0.15) is 31.4 Å². The molecule has 2 rings (SSSR count). The van der Waals surface area contributed by atoms with Gasteiger partial charge in [-0.1, -0.05) is 0 Å². The number of carbonyl (C=O) groups is 1. The van der Waals surface area contributed by atoms with E-state index in [9.17, 15) is 4.79 Å². The number of nitrogens with one attached hydrogen (secondary N) is 1. The maximum Gasteiger partial charge on any atom is 0.249 e. The van der Waals surface area contributed by atoms with Crippen molar-refractivity contribution < 1.29 is 9.21 Å². The summed E-state index contributed by atoms with van der Waals surface area (Å²) in [6.45, 7) is 5.87. The fourth-order valence-electron chi connectivity index (χ4n) is 1.69. The predicted octanol–water partition coefficient (Wildman–Crippen LogP) is 3.02. The van der Waals surface area contributed by atoms with E-state index < -0.39 is 0 Å². The third-order valence-electron chi connectivity index (χ3n) is 2.57. The normalized spacial score (nSPS) is 11.4. The Morgan fingerprint density at radius 2 is 2.21 bits per heavy atom. The zero-order valence-electron chi connectivity index (χ0n) is 11.3. The molecule has 0 atom stereocenters. The van der Waals surface area contributed by atoms with Gasteiger partial charge >= 0.3 is 0 Å². The lowest BCUT2D eigenvalue weighted by Gasteiger charge is -2.10. The summed E-state index contributed by atoms with van der Waals surface area (Å²) >= 11 is 0. The molecule has 0 bridgehead atoms. The second-order valence-electron chi connectivity index (χ2n) is 4.53. The molecule has 0 spiro atoms. The lowest BCUT2D eigenvalue weighted by Crippen LogP contribution is -2.14. The monoisotopic (exact) mass is 259 g/mol. The highest BCUT2D eigenvalue weighted by molar-refractivity contribution is 6.01. The van der Waals surface area contributed by atoms with Gasteiger partial charge in [-0.15, -0.1) is 0 Å². The third-order valence-corrected chi connectivity index (χ3v) is 2.57. The van der Waals surface area contributed by atoms with Crippen molar-refractivity contribution in [1.29, 1.82) is 0 Å². The smallest absolute Gasteiger partial charge is 0.249 e. The van der Waals surface area contributed by atoms with E-state index in [1.807, 2.05) is 32.9 Å². The summed E-state index contributed by atoms with van der Waals surface area (Å²) in [6, 6.07) is 5.63. The number of furan rings is 1. The molecule has 0 aliphatic rings. The summed E-state index contributed by atoms with van der Waals surface area (Å²) in [6.07, 6.45) is 4.74. The minimum Gasteiger partial charge on any atom is -0.462 e. The average Bonchev–Trinajstić information content (AvgIpc) is 2.95. The number of hydrogen-bond acceptors (Lipinski definition) is 3. The van der Waals surface area contributed by atoms with Crippen molar-refractivity contribution in [2.75, 3.05) is 5.32 Å². The summed E-state index contributed by atoms with van der Waals surface area (Å²) in [4.78, 5) is 11.8. The standard InChI is InChI=1S/C14H17N3O2/c1-10(2)17-13(8-9-15-17)16-14(18)7-6-12-5-4-11(3)19-12/h4-10H,1-3H3,(H,16,18). The number of hydrogen-bond donors (Lipinski definition) is 1. The first-order valence-corrected chi connectivity index (χ1v) is 6.15. The van der Waals surface area contributed by atoms with Crippen molar-refractivity contribution in [3.05, 3.63) is 42.0 Å². The number of anilines is 1. The molecular formula is C14H17N3O2. The quantitative estimate of drug-likeness (QED) is 0.858. The molecule has 1 N–H and O–H groups in total. The zero-order valence-corrected chi connectivity index (χ0v) is 11.3. The van der Waals surface area contributed by atoms with Crippen LogP contribution in [0.5, 0.6) is 0 Å². The van der Waals surface area contributed by atoms with Crippen LogP contribution in [0.3, 0.4) is 0 Å². The number of amides is 1. The lowest BCUT2D eigenvalue weighted by atomic mass is 10.3. The average molecular weight is 259 g/mol. The van der Waals surface area contributed by atoms with Crippen LogP contribution in [-0.4, -0.2) is 15.7 Å². The maximum absolute atomic E-state index is 11.8. The molecule has 0 unspecified atom stereocenters. The summed E-state index contributed by atoms with van der Waals surface area (Å²) in [5.74, 6) is 1.94. The Bertz CT molecular complexity index is 593. The van der Waals surface area contributed by atoms with Gasteiger partial charge < -0.3 is 9.73 Å². The van der Waals surface area contributed by atoms with Crippen LogP contribution in [0.4, 0.5) is 5.82 Å². The summed E-state index contributed by atoms with van der Waals surface area (Å²) in [7, 11) is 0. The van der Waals surface area contributed by atoms with E-state index in [1.54, 1.807) is 23.0 Å². The van der Waals surface area contributed by atoms with Crippen LogP contribution in [0.2, 0.25) is 0 Å². The van der Waals surface area contributed by atoms with Crippen LogP contribution in [0.15, 0.2) is 34.9 Å². The van der Waals surface area contributed by atoms with Crippen LogP contribution in [0, 0.1) is 6.92 Å². The van der Waals surface area contributed by atoms with E-state index in [0.717, 1.165) is 5.76 Å². The molecule has 0 saturated carbocycles. The van der Waals surface area contributed by atoms with Crippen molar-refractivity contribution in [2.24, 2.45) is 0 Å². The molecule has 0 aromatic carbocycles. The number of nitrogens with zero attached hydrogens (tertiary/aromatic N) is 2. The van der Waals surface area contributed by atoms with Crippen molar-refractivity contribution >= 4 is 17.8 Å². The number of aromatic nitrogens is 2. The Balaban J connectivity index is 2.01. The first kappa shape index (κ1) is 13.1. The first-order chi connectivity index (χ1) is 9.06. The van der Waals surface area contributed by atoms with Gasteiger partial charge in [0, 0.05) is 18.2 Å². The molecule has 19 heavy (non-hydrogen) atoms. The van der Waals surface area contributed by atoms with Gasteiger partial charge in [-0.05, 0) is 39.0 Å². The summed E-state index contributed by atoms with van der Waals surface area (Å²) in [5, 5.41) is 6.93. The summed E-state index contributed by atoms with van der Waals surface area (Å²) < 4.78 is 7.10. The third kappa shape index (κ3) is 3.34. The van der Waals surface area contributed by atoms with E-state index in [-0.39, 0.29) is 11.9 Å². The molecule has 2 aromatic heterocycles. The van der Waals surface area contributed by atoms with Gasteiger partial charge in [-0.25, -0.2) is 4.68 Å². The van der Waals surface area contributed by atoms with Gasteiger partial charge in [-0.3, -0.25) is 4.79 Å². The minimum atomic E-state index is -0.212. The number of rotatable bonds is 4. The fourth-order valence-corrected chi connectivity index (χ4v) is 1.69. The Labute approximate surface area is 111 Å². The zero-order chi connectivity index (χ0) is 13.8. The minimum absolute atomic E-state index is 0.196. The molecule has 2 aromatic rings. The molecule has 1 amide bonds. The summed E-state index contributed by atoms with van der Waals surface area (Å²) in [5.41, 5.74) is 0. The van der Waals surface area contributed by atoms with Gasteiger partial charge in [0.15, 0.2) is 0 Å². The molecule has 100 valence electrons. The van der Waals surface area contributed by atoms with Crippen molar-refractivity contribution in [1.82, 2.24) is 9.78 Å². The van der Waals surface area contributed by atoms with E-state index in [0.29, 0.717) is 11.6 Å². The fraction of sp³-hybridized carbons (Fsp3) is 0.286. The maximum atomic E-state index is 11.8. The molecule has 0 saturated heterocycles. The highest BCUT2D eigenvalue weighted by Crippen LogP contribution is 2.13. The van der Waals surface area contributed by atoms with Crippen molar-refractivity contribution in [3.8, 4) is 0 Å². The molecule has 5 heteroatoms. The molecule has 0 fully saturated rings. The Morgan fingerprint density at radius 3 is 2.84 bits per heavy atom. The van der Waals surface area contributed by atoms with E-state index in [2.05, 4.69) is 10.4 Å². The second kappa shape index (κ2) is 5.56. The molecule has 0 aliphatic heterocycles. The van der Waals surface area contributed by atoms with Crippen LogP contribution in [-0.2, 0) is 4.79 Å². The molecule has 2 heterocycles. The largest absolute Gasteiger partial charge is 0.462 e. The molecule has 5 nitrogen and oxygen atoms in total. The van der Waals surface area contributed by atoms with E-state index >= 15 is 0 Å². The van der Waals surface area contributed by atoms with Crippen LogP contribution < -0.4 is 5.32 Å². The topological polar surface area (TPSA) is 60.1 Å². The van der Waals surface area contributed by atoms with Crippen molar-refractivity contribution in [3.63, 3.8) is 0 Å². The predicted molar refractivity (Wildman–Crippen MR) is 73.7 cm³/mol. The SMILES string of the molecule is Cc1ccc(C=CC(=O)Nc2ccnn2C(C)C)o1. The lowest BCUT2D eigenvalue weighted by molar-refractivity contribution is -0.111. The Kier molecular flexibility index (Phi) is 3.85. The first-order valence-electron chi connectivity index (χ1n) is 6.15. The van der Waals surface area contributed by atoms with Gasteiger partial charge in [0.2, 0.25) is 5.91 Å². The Hall–Kier alpha value is -2.30. The molecular weight excluding hydrogens is 242 g/mol. The second-order valence-corrected chi connectivity index (χ2v) is 4.53. The van der Waals surface area contributed by atoms with Gasteiger partial charge in [0.1, 0.15) is 17.3 Å². The van der Waals surface area contributed by atoms with Crippen molar-refractivity contribution in [2.45, 2.75) is 26.8 Å². The number of carbonyl (C=O) groups excluding carboxylic acids is 1.